The summed E-state index contributed by atoms with van der Waals surface area (Å²) in [5.41, 5.74) is 1.72. The number of rotatable bonds is 6. The van der Waals surface area contributed by atoms with Crippen LogP contribution in [0, 0.1) is 19.8 Å². The average Bonchev–Trinajstić information content (AvgIpc) is 2.31. The molecule has 0 aromatic carbocycles. The van der Waals surface area contributed by atoms with Crippen molar-refractivity contribution in [3.63, 3.8) is 0 Å². The number of nitrogens with zero attached hydrogens (tertiary/aromatic N) is 2. The van der Waals surface area contributed by atoms with Crippen molar-refractivity contribution in [3.05, 3.63) is 17.6 Å². The van der Waals surface area contributed by atoms with Crippen molar-refractivity contribution in [2.45, 2.75) is 34.1 Å². The quantitative estimate of drug-likeness (QED) is 0.806. The number of aryl methyl sites for hydroxylation is 2. The Hall–Kier alpha value is -1.65. The minimum Gasteiger partial charge on any atom is -0.368 e. The fourth-order valence-electron chi connectivity index (χ4n) is 1.41. The van der Waals surface area contributed by atoms with Crippen molar-refractivity contribution < 1.29 is 4.79 Å². The third-order valence-electron chi connectivity index (χ3n) is 2.43. The van der Waals surface area contributed by atoms with Gasteiger partial charge >= 0.3 is 0 Å². The molecule has 0 bridgehead atoms. The topological polar surface area (TPSA) is 66.9 Å². The number of hydrogen-bond donors (Lipinski definition) is 2. The number of amides is 1. The molecule has 1 heterocycles. The number of nitrogens with one attached hydrogen (secondary N) is 2. The van der Waals surface area contributed by atoms with Crippen molar-refractivity contribution in [3.8, 4) is 0 Å². The smallest absolute Gasteiger partial charge is 0.221 e. The molecule has 0 aliphatic rings. The Kier molecular flexibility index (Phi) is 5.55. The van der Waals surface area contributed by atoms with Gasteiger partial charge in [-0.15, -0.1) is 0 Å². The van der Waals surface area contributed by atoms with Gasteiger partial charge in [-0.1, -0.05) is 13.8 Å². The summed E-state index contributed by atoms with van der Waals surface area (Å²) in [5, 5.41) is 6.02. The molecule has 100 valence electrons. The van der Waals surface area contributed by atoms with Gasteiger partial charge in [0.15, 0.2) is 0 Å². The van der Waals surface area contributed by atoms with E-state index in [4.69, 9.17) is 0 Å². The summed E-state index contributed by atoms with van der Waals surface area (Å²) in [6, 6.07) is 0. The third-order valence-corrected chi connectivity index (χ3v) is 2.43. The highest BCUT2D eigenvalue weighted by molar-refractivity contribution is 5.76. The molecule has 1 rings (SSSR count). The Balaban J connectivity index is 2.33. The second-order valence-electron chi connectivity index (χ2n) is 4.82. The van der Waals surface area contributed by atoms with Gasteiger partial charge in [0, 0.05) is 25.7 Å². The van der Waals surface area contributed by atoms with Gasteiger partial charge in [-0.3, -0.25) is 9.78 Å². The van der Waals surface area contributed by atoms with Gasteiger partial charge < -0.3 is 10.6 Å². The summed E-state index contributed by atoms with van der Waals surface area (Å²) in [6.45, 7) is 9.24. The lowest BCUT2D eigenvalue weighted by Gasteiger charge is -2.10. The van der Waals surface area contributed by atoms with Crippen LogP contribution >= 0.6 is 0 Å². The highest BCUT2D eigenvalue weighted by Gasteiger charge is 2.04. The average molecular weight is 250 g/mol. The number of aromatic nitrogens is 2. The molecule has 2 N–H and O–H groups in total. The molecule has 1 aromatic heterocycles. The van der Waals surface area contributed by atoms with Gasteiger partial charge in [0.2, 0.25) is 5.91 Å². The molecule has 0 saturated carbocycles. The van der Waals surface area contributed by atoms with Crippen molar-refractivity contribution in [1.82, 2.24) is 15.3 Å². The van der Waals surface area contributed by atoms with Crippen LogP contribution in [0.3, 0.4) is 0 Å². The molecule has 18 heavy (non-hydrogen) atoms. The van der Waals surface area contributed by atoms with E-state index in [-0.39, 0.29) is 5.91 Å². The van der Waals surface area contributed by atoms with E-state index in [0.29, 0.717) is 18.9 Å². The molecule has 0 saturated heterocycles. The first kappa shape index (κ1) is 14.4. The Labute approximate surface area is 108 Å². The fraction of sp³-hybridized carbons (Fsp3) is 0.615. The van der Waals surface area contributed by atoms with E-state index in [9.17, 15) is 4.79 Å². The highest BCUT2D eigenvalue weighted by Crippen LogP contribution is 2.08. The molecule has 0 spiro atoms. The summed E-state index contributed by atoms with van der Waals surface area (Å²) in [6.07, 6.45) is 2.18. The Bertz CT molecular complexity index is 404. The molecule has 0 aliphatic carbocycles. The number of anilines is 1. The van der Waals surface area contributed by atoms with E-state index in [0.717, 1.165) is 23.8 Å². The first-order valence-corrected chi connectivity index (χ1v) is 6.30. The predicted octanol–water partition coefficient (Wildman–Crippen LogP) is 1.67. The molecule has 5 heteroatoms. The molecule has 1 aromatic rings. The maximum absolute atomic E-state index is 11.5. The van der Waals surface area contributed by atoms with Gasteiger partial charge in [-0.25, -0.2) is 4.98 Å². The number of carbonyl (C=O) groups is 1. The van der Waals surface area contributed by atoms with Crippen LogP contribution < -0.4 is 10.6 Å². The van der Waals surface area contributed by atoms with Gasteiger partial charge in [-0.2, -0.15) is 0 Å². The standard InChI is InChI=1S/C13H22N4O/c1-9(2)7-16-12(18)5-6-14-13-11(4)15-8-10(3)17-13/h8-9H,5-7H2,1-4H3,(H,14,17)(H,16,18). The van der Waals surface area contributed by atoms with Crippen LogP contribution in [0.2, 0.25) is 0 Å². The molecular weight excluding hydrogens is 228 g/mol. The summed E-state index contributed by atoms with van der Waals surface area (Å²) < 4.78 is 0. The number of hydrogen-bond acceptors (Lipinski definition) is 4. The van der Waals surface area contributed by atoms with Gasteiger partial charge in [0.05, 0.1) is 11.4 Å². The minimum absolute atomic E-state index is 0.0643. The molecule has 0 aliphatic heterocycles. The van der Waals surface area contributed by atoms with Gasteiger partial charge in [-0.05, 0) is 19.8 Å². The maximum Gasteiger partial charge on any atom is 0.221 e. The lowest BCUT2D eigenvalue weighted by molar-refractivity contribution is -0.120. The third kappa shape index (κ3) is 5.12. The minimum atomic E-state index is 0.0643. The number of carbonyl (C=O) groups excluding carboxylic acids is 1. The summed E-state index contributed by atoms with van der Waals surface area (Å²) in [7, 11) is 0. The van der Waals surface area contributed by atoms with Crippen molar-refractivity contribution in [2.75, 3.05) is 18.4 Å². The predicted molar refractivity (Wildman–Crippen MR) is 72.5 cm³/mol. The molecule has 1 amide bonds. The second kappa shape index (κ2) is 6.93. The molecule has 0 unspecified atom stereocenters. The molecule has 5 nitrogen and oxygen atoms in total. The van der Waals surface area contributed by atoms with Crippen LogP contribution in [0.4, 0.5) is 5.82 Å². The largest absolute Gasteiger partial charge is 0.368 e. The summed E-state index contributed by atoms with van der Waals surface area (Å²) in [4.78, 5) is 20.1. The lowest BCUT2D eigenvalue weighted by Crippen LogP contribution is -2.28. The SMILES string of the molecule is Cc1cnc(C)c(NCCC(=O)NCC(C)C)n1. The lowest BCUT2D eigenvalue weighted by atomic mass is 10.2. The Morgan fingerprint density at radius 3 is 2.78 bits per heavy atom. The maximum atomic E-state index is 11.5. The normalized spacial score (nSPS) is 10.5. The van der Waals surface area contributed by atoms with Crippen molar-refractivity contribution in [2.24, 2.45) is 5.92 Å². The van der Waals surface area contributed by atoms with E-state index in [1.54, 1.807) is 6.20 Å². The first-order valence-electron chi connectivity index (χ1n) is 6.30. The monoisotopic (exact) mass is 250 g/mol. The van der Waals surface area contributed by atoms with E-state index >= 15 is 0 Å². The van der Waals surface area contributed by atoms with Crippen LogP contribution in [-0.4, -0.2) is 29.0 Å². The van der Waals surface area contributed by atoms with Crippen LogP contribution in [0.5, 0.6) is 0 Å². The second-order valence-corrected chi connectivity index (χ2v) is 4.82. The van der Waals surface area contributed by atoms with Crippen LogP contribution in [0.1, 0.15) is 31.7 Å². The van der Waals surface area contributed by atoms with Crippen LogP contribution in [-0.2, 0) is 4.79 Å². The van der Waals surface area contributed by atoms with Crippen molar-refractivity contribution >= 4 is 11.7 Å². The Morgan fingerprint density at radius 1 is 1.39 bits per heavy atom. The zero-order valence-corrected chi connectivity index (χ0v) is 11.6. The highest BCUT2D eigenvalue weighted by atomic mass is 16.1. The zero-order valence-electron chi connectivity index (χ0n) is 11.6. The zero-order chi connectivity index (χ0) is 13.5. The Morgan fingerprint density at radius 2 is 2.11 bits per heavy atom. The van der Waals surface area contributed by atoms with Crippen LogP contribution in [0.25, 0.3) is 0 Å². The van der Waals surface area contributed by atoms with E-state index in [2.05, 4.69) is 34.4 Å². The van der Waals surface area contributed by atoms with E-state index < -0.39 is 0 Å². The first-order chi connectivity index (χ1) is 8.49. The summed E-state index contributed by atoms with van der Waals surface area (Å²) in [5.74, 6) is 1.30. The van der Waals surface area contributed by atoms with Crippen LogP contribution in [0.15, 0.2) is 6.20 Å². The van der Waals surface area contributed by atoms with Gasteiger partial charge in [0.1, 0.15) is 5.82 Å². The summed E-state index contributed by atoms with van der Waals surface area (Å²) >= 11 is 0. The van der Waals surface area contributed by atoms with Gasteiger partial charge in [0.25, 0.3) is 0 Å². The van der Waals surface area contributed by atoms with E-state index in [1.165, 1.54) is 0 Å². The fourth-order valence-corrected chi connectivity index (χ4v) is 1.41. The van der Waals surface area contributed by atoms with Crippen molar-refractivity contribution in [1.29, 1.82) is 0 Å². The molecule has 0 radical (unpaired) electrons. The molecule has 0 atom stereocenters. The molecule has 0 fully saturated rings. The van der Waals surface area contributed by atoms with E-state index in [1.807, 2.05) is 13.8 Å². The molecular formula is C13H22N4O.